The van der Waals surface area contributed by atoms with Crippen molar-refractivity contribution in [1.82, 2.24) is 14.9 Å². The molecule has 2 aromatic heterocycles. The number of likely N-dealkylation sites (tertiary alicyclic amines) is 1. The molecule has 3 N–H and O–H groups in total. The molecular formula is C20H29N5O2S. The Morgan fingerprint density at radius 2 is 2.00 bits per heavy atom. The van der Waals surface area contributed by atoms with Gasteiger partial charge in [0, 0.05) is 17.8 Å². The van der Waals surface area contributed by atoms with Crippen molar-refractivity contribution in [2.75, 3.05) is 24.5 Å². The molecule has 0 spiro atoms. The highest BCUT2D eigenvalue weighted by Gasteiger charge is 2.37. The van der Waals surface area contributed by atoms with Crippen LogP contribution in [-0.2, 0) is 11.3 Å². The lowest BCUT2D eigenvalue weighted by molar-refractivity contribution is -0.119. The van der Waals surface area contributed by atoms with E-state index in [1.165, 1.54) is 17.7 Å². The van der Waals surface area contributed by atoms with Crippen molar-refractivity contribution in [1.29, 1.82) is 0 Å². The summed E-state index contributed by atoms with van der Waals surface area (Å²) in [5.41, 5.74) is 6.77. The summed E-state index contributed by atoms with van der Waals surface area (Å²) >= 11 is 1.66. The van der Waals surface area contributed by atoms with E-state index in [9.17, 15) is 9.90 Å². The molecule has 0 unspecified atom stereocenters. The normalized spacial score (nSPS) is 24.4. The van der Waals surface area contributed by atoms with Crippen molar-refractivity contribution in [2.45, 2.75) is 58.7 Å². The zero-order chi connectivity index (χ0) is 20.0. The van der Waals surface area contributed by atoms with Crippen molar-refractivity contribution in [2.24, 2.45) is 11.7 Å². The summed E-state index contributed by atoms with van der Waals surface area (Å²) in [4.78, 5) is 28.2. The quantitative estimate of drug-likeness (QED) is 0.810. The first kappa shape index (κ1) is 19.5. The van der Waals surface area contributed by atoms with Crippen molar-refractivity contribution in [3.05, 3.63) is 16.3 Å². The number of hydrogen-bond acceptors (Lipinski definition) is 7. The number of rotatable bonds is 4. The molecule has 0 radical (unpaired) electrons. The molecule has 0 aromatic carbocycles. The number of carbonyl (C=O) groups excluding carboxylic acids is 1. The van der Waals surface area contributed by atoms with Crippen molar-refractivity contribution in [3.8, 4) is 0 Å². The predicted octanol–water partition coefficient (Wildman–Crippen LogP) is 1.96. The number of aliphatic hydroxyl groups excluding tert-OH is 1. The number of carbonyl (C=O) groups is 1. The molecule has 2 aliphatic heterocycles. The lowest BCUT2D eigenvalue weighted by atomic mass is 9.99. The van der Waals surface area contributed by atoms with E-state index in [2.05, 4.69) is 25.7 Å². The molecule has 4 rings (SSSR count). The first-order chi connectivity index (χ1) is 13.3. The number of nitrogens with two attached hydrogens (primary N) is 1. The van der Waals surface area contributed by atoms with Crippen LogP contribution in [0.2, 0.25) is 0 Å². The number of anilines is 1. The van der Waals surface area contributed by atoms with Crippen molar-refractivity contribution >= 4 is 33.3 Å². The van der Waals surface area contributed by atoms with Crippen molar-refractivity contribution in [3.63, 3.8) is 0 Å². The van der Waals surface area contributed by atoms with E-state index in [-0.39, 0.29) is 0 Å². The summed E-state index contributed by atoms with van der Waals surface area (Å²) in [6.07, 6.45) is 2.18. The molecule has 28 heavy (non-hydrogen) atoms. The van der Waals surface area contributed by atoms with Crippen LogP contribution in [0.1, 0.15) is 42.5 Å². The molecule has 152 valence electrons. The number of nitrogens with zero attached hydrogens (tertiary/aromatic N) is 4. The number of fused-ring (bicyclic) bond motifs is 1. The maximum atomic E-state index is 12.0. The summed E-state index contributed by atoms with van der Waals surface area (Å²) in [5.74, 6) is 1.88. The molecule has 2 atom stereocenters. The smallest absolute Gasteiger partial charge is 0.240 e. The molecule has 2 saturated heterocycles. The third-order valence-electron chi connectivity index (χ3n) is 6.18. The Labute approximate surface area is 169 Å². The molecule has 0 saturated carbocycles. The lowest BCUT2D eigenvalue weighted by Gasteiger charge is -2.30. The monoisotopic (exact) mass is 403 g/mol. The van der Waals surface area contributed by atoms with Gasteiger partial charge in [0.2, 0.25) is 5.91 Å². The fourth-order valence-electron chi connectivity index (χ4n) is 4.29. The first-order valence-electron chi connectivity index (χ1n) is 10.1. The van der Waals surface area contributed by atoms with Gasteiger partial charge in [0.25, 0.3) is 0 Å². The molecule has 2 aliphatic rings. The molecule has 0 aliphatic carbocycles. The van der Waals surface area contributed by atoms with Gasteiger partial charge < -0.3 is 15.7 Å². The average Bonchev–Trinajstić information content (AvgIpc) is 3.17. The Morgan fingerprint density at radius 1 is 1.29 bits per heavy atom. The summed E-state index contributed by atoms with van der Waals surface area (Å²) < 4.78 is 0. The highest BCUT2D eigenvalue weighted by atomic mass is 32.1. The van der Waals surface area contributed by atoms with E-state index in [1.807, 2.05) is 4.90 Å². The van der Waals surface area contributed by atoms with Gasteiger partial charge in [0.1, 0.15) is 22.5 Å². The maximum Gasteiger partial charge on any atom is 0.240 e. The predicted molar refractivity (Wildman–Crippen MR) is 112 cm³/mol. The average molecular weight is 404 g/mol. The second-order valence-corrected chi connectivity index (χ2v) is 9.55. The van der Waals surface area contributed by atoms with Crippen LogP contribution < -0.4 is 10.6 Å². The van der Waals surface area contributed by atoms with E-state index in [0.29, 0.717) is 19.5 Å². The second kappa shape index (κ2) is 7.57. The summed E-state index contributed by atoms with van der Waals surface area (Å²) in [7, 11) is 0. The van der Waals surface area contributed by atoms with Gasteiger partial charge in [-0.25, -0.2) is 9.97 Å². The first-order valence-corrected chi connectivity index (χ1v) is 10.9. The van der Waals surface area contributed by atoms with Gasteiger partial charge >= 0.3 is 0 Å². The molecule has 2 fully saturated rings. The van der Waals surface area contributed by atoms with Gasteiger partial charge in [-0.05, 0) is 51.3 Å². The minimum absolute atomic E-state index is 0.350. The largest absolute Gasteiger partial charge is 0.391 e. The molecular weight excluding hydrogens is 374 g/mol. The Balaban J connectivity index is 1.74. The number of piperidine rings is 1. The van der Waals surface area contributed by atoms with Gasteiger partial charge in [-0.2, -0.15) is 0 Å². The standard InChI is InChI=1S/C20H29N5O2S/c1-11-4-6-24(7-5-11)10-16-22-19(17-12(2)13(3)28-20(17)23-16)25-9-14(26)8-15(25)18(21)27/h11,14-15,26H,4-10H2,1-3H3,(H2,21,27)/t14-,15-/m1/s1. The third kappa shape index (κ3) is 3.60. The van der Waals surface area contributed by atoms with E-state index in [1.54, 1.807) is 11.3 Å². The number of aromatic nitrogens is 2. The zero-order valence-electron chi connectivity index (χ0n) is 16.8. The highest BCUT2D eigenvalue weighted by Crippen LogP contribution is 2.37. The van der Waals surface area contributed by atoms with Crippen molar-refractivity contribution < 1.29 is 9.90 Å². The molecule has 8 heteroatoms. The van der Waals surface area contributed by atoms with Gasteiger partial charge in [-0.1, -0.05) is 6.92 Å². The minimum Gasteiger partial charge on any atom is -0.391 e. The van der Waals surface area contributed by atoms with Gasteiger partial charge in [0.05, 0.1) is 18.0 Å². The Hall–Kier alpha value is -1.77. The van der Waals surface area contributed by atoms with Crippen LogP contribution >= 0.6 is 11.3 Å². The van der Waals surface area contributed by atoms with Crippen LogP contribution in [0.15, 0.2) is 0 Å². The number of aliphatic hydroxyl groups is 1. The molecule has 2 aromatic rings. The molecule has 1 amide bonds. The van der Waals surface area contributed by atoms with Crippen LogP contribution in [0.25, 0.3) is 10.2 Å². The van der Waals surface area contributed by atoms with Crippen LogP contribution in [-0.4, -0.2) is 57.7 Å². The van der Waals surface area contributed by atoms with Crippen LogP contribution in [0.5, 0.6) is 0 Å². The van der Waals surface area contributed by atoms with E-state index < -0.39 is 18.1 Å². The topological polar surface area (TPSA) is 95.6 Å². The number of primary amides is 1. The Bertz CT molecular complexity index is 890. The van der Waals surface area contributed by atoms with Gasteiger partial charge in [-0.3, -0.25) is 9.69 Å². The summed E-state index contributed by atoms with van der Waals surface area (Å²) in [5, 5.41) is 11.2. The lowest BCUT2D eigenvalue weighted by Crippen LogP contribution is -2.41. The SMILES string of the molecule is Cc1sc2nc(CN3CCC(C)CC3)nc(N3C[C@H](O)C[C@@H]3C(N)=O)c2c1C. The molecule has 0 bridgehead atoms. The highest BCUT2D eigenvalue weighted by molar-refractivity contribution is 7.18. The number of aryl methyl sites for hydroxylation is 2. The summed E-state index contributed by atoms with van der Waals surface area (Å²) in [6.45, 7) is 9.66. The number of β-amino-alcohol motifs (C(OH)–C–C–N with tert-alkyl or cyclic N) is 1. The Morgan fingerprint density at radius 3 is 2.68 bits per heavy atom. The third-order valence-corrected chi connectivity index (χ3v) is 7.28. The van der Waals surface area contributed by atoms with Crippen LogP contribution in [0, 0.1) is 19.8 Å². The maximum absolute atomic E-state index is 12.0. The number of amides is 1. The molecule has 4 heterocycles. The van der Waals surface area contributed by atoms with Crippen LogP contribution in [0.3, 0.4) is 0 Å². The van der Waals surface area contributed by atoms with E-state index in [4.69, 9.17) is 15.7 Å². The van der Waals surface area contributed by atoms with E-state index in [0.717, 1.165) is 46.4 Å². The second-order valence-electron chi connectivity index (χ2n) is 8.35. The minimum atomic E-state index is -0.574. The van der Waals surface area contributed by atoms with Crippen LogP contribution in [0.4, 0.5) is 5.82 Å². The number of hydrogen-bond donors (Lipinski definition) is 2. The van der Waals surface area contributed by atoms with Gasteiger partial charge in [-0.15, -0.1) is 11.3 Å². The summed E-state index contributed by atoms with van der Waals surface area (Å²) in [6, 6.07) is -0.531. The Kier molecular flexibility index (Phi) is 5.28. The fourth-order valence-corrected chi connectivity index (χ4v) is 5.33. The van der Waals surface area contributed by atoms with Gasteiger partial charge in [0.15, 0.2) is 0 Å². The van der Waals surface area contributed by atoms with E-state index >= 15 is 0 Å². The number of thiophene rings is 1. The fraction of sp³-hybridized carbons (Fsp3) is 0.650. The zero-order valence-corrected chi connectivity index (χ0v) is 17.6. The molecule has 7 nitrogen and oxygen atoms in total.